The Morgan fingerprint density at radius 2 is 1.62 bits per heavy atom. The predicted molar refractivity (Wildman–Crippen MR) is 94.8 cm³/mol. The SMILES string of the molecule is CC(C)Nc1nncc(Nc2ccc(Oc3ccccc3)cc2)n1. The van der Waals surface area contributed by atoms with Gasteiger partial charge in [-0.15, -0.1) is 5.10 Å². The van der Waals surface area contributed by atoms with Gasteiger partial charge in [-0.1, -0.05) is 18.2 Å². The third-order valence-electron chi connectivity index (χ3n) is 3.08. The van der Waals surface area contributed by atoms with Gasteiger partial charge in [-0.05, 0) is 50.2 Å². The van der Waals surface area contributed by atoms with Crippen molar-refractivity contribution in [2.75, 3.05) is 10.6 Å². The van der Waals surface area contributed by atoms with E-state index in [9.17, 15) is 0 Å². The van der Waals surface area contributed by atoms with Gasteiger partial charge >= 0.3 is 0 Å². The molecule has 0 bridgehead atoms. The van der Waals surface area contributed by atoms with Crippen LogP contribution >= 0.6 is 0 Å². The van der Waals surface area contributed by atoms with Gasteiger partial charge in [0.25, 0.3) is 0 Å². The number of ether oxygens (including phenoxy) is 1. The van der Waals surface area contributed by atoms with Crippen LogP contribution in [0.2, 0.25) is 0 Å². The third-order valence-corrected chi connectivity index (χ3v) is 3.08. The minimum Gasteiger partial charge on any atom is -0.457 e. The normalized spacial score (nSPS) is 10.5. The lowest BCUT2D eigenvalue weighted by molar-refractivity contribution is 0.483. The fraction of sp³-hybridized carbons (Fsp3) is 0.167. The number of benzene rings is 2. The highest BCUT2D eigenvalue weighted by Gasteiger charge is 2.03. The van der Waals surface area contributed by atoms with Gasteiger partial charge in [0.2, 0.25) is 5.95 Å². The molecule has 0 atom stereocenters. The summed E-state index contributed by atoms with van der Waals surface area (Å²) >= 11 is 0. The molecule has 0 saturated carbocycles. The average Bonchev–Trinajstić information content (AvgIpc) is 2.57. The zero-order valence-corrected chi connectivity index (χ0v) is 13.6. The van der Waals surface area contributed by atoms with Crippen LogP contribution in [0.4, 0.5) is 17.5 Å². The quantitative estimate of drug-likeness (QED) is 0.708. The maximum atomic E-state index is 5.77. The van der Waals surface area contributed by atoms with E-state index in [1.807, 2.05) is 68.4 Å². The molecule has 0 amide bonds. The van der Waals surface area contributed by atoms with Crippen molar-refractivity contribution in [3.05, 3.63) is 60.8 Å². The van der Waals surface area contributed by atoms with Crippen molar-refractivity contribution in [1.29, 1.82) is 0 Å². The molecule has 122 valence electrons. The van der Waals surface area contributed by atoms with E-state index in [2.05, 4.69) is 25.8 Å². The van der Waals surface area contributed by atoms with Gasteiger partial charge in [0.15, 0.2) is 5.82 Å². The fourth-order valence-electron chi connectivity index (χ4n) is 2.06. The van der Waals surface area contributed by atoms with Gasteiger partial charge in [-0.2, -0.15) is 10.1 Å². The molecule has 0 saturated heterocycles. The van der Waals surface area contributed by atoms with Crippen molar-refractivity contribution in [2.24, 2.45) is 0 Å². The Hall–Kier alpha value is -3.15. The molecule has 0 aliphatic carbocycles. The highest BCUT2D eigenvalue weighted by Crippen LogP contribution is 2.23. The highest BCUT2D eigenvalue weighted by atomic mass is 16.5. The van der Waals surface area contributed by atoms with E-state index >= 15 is 0 Å². The Morgan fingerprint density at radius 3 is 2.33 bits per heavy atom. The van der Waals surface area contributed by atoms with Crippen molar-refractivity contribution >= 4 is 17.5 Å². The lowest BCUT2D eigenvalue weighted by atomic mass is 10.3. The molecule has 0 fully saturated rings. The number of rotatable bonds is 6. The number of hydrogen-bond acceptors (Lipinski definition) is 6. The smallest absolute Gasteiger partial charge is 0.244 e. The molecule has 0 aliphatic rings. The molecule has 3 aromatic rings. The van der Waals surface area contributed by atoms with Crippen LogP contribution in [0, 0.1) is 0 Å². The van der Waals surface area contributed by atoms with Crippen LogP contribution in [0.15, 0.2) is 60.8 Å². The maximum Gasteiger partial charge on any atom is 0.244 e. The van der Waals surface area contributed by atoms with Gasteiger partial charge in [0, 0.05) is 11.7 Å². The Kier molecular flexibility index (Phi) is 4.86. The Balaban J connectivity index is 1.66. The first-order chi connectivity index (χ1) is 11.7. The lowest BCUT2D eigenvalue weighted by Crippen LogP contribution is -2.13. The largest absolute Gasteiger partial charge is 0.457 e. The van der Waals surface area contributed by atoms with Crippen molar-refractivity contribution in [1.82, 2.24) is 15.2 Å². The number of hydrogen-bond donors (Lipinski definition) is 2. The predicted octanol–water partition coefficient (Wildman–Crippen LogP) is 4.23. The summed E-state index contributed by atoms with van der Waals surface area (Å²) < 4.78 is 5.77. The lowest BCUT2D eigenvalue weighted by Gasteiger charge is -2.10. The van der Waals surface area contributed by atoms with Crippen LogP contribution in [0.25, 0.3) is 0 Å². The molecular weight excluding hydrogens is 302 g/mol. The molecule has 0 aliphatic heterocycles. The number of para-hydroxylation sites is 1. The molecule has 3 rings (SSSR count). The molecule has 1 heterocycles. The molecule has 0 spiro atoms. The summed E-state index contributed by atoms with van der Waals surface area (Å²) in [6.07, 6.45) is 1.58. The first-order valence-corrected chi connectivity index (χ1v) is 7.75. The van der Waals surface area contributed by atoms with E-state index < -0.39 is 0 Å². The molecular formula is C18H19N5O. The molecule has 2 N–H and O–H groups in total. The van der Waals surface area contributed by atoms with Crippen molar-refractivity contribution in [2.45, 2.75) is 19.9 Å². The third kappa shape index (κ3) is 4.42. The average molecular weight is 321 g/mol. The summed E-state index contributed by atoms with van der Waals surface area (Å²) in [5.74, 6) is 2.71. The van der Waals surface area contributed by atoms with Crippen molar-refractivity contribution < 1.29 is 4.74 Å². The Labute approximate surface area is 140 Å². The number of nitrogens with zero attached hydrogens (tertiary/aromatic N) is 3. The summed E-state index contributed by atoms with van der Waals surface area (Å²) in [6, 6.07) is 17.6. The molecule has 6 nitrogen and oxygen atoms in total. The van der Waals surface area contributed by atoms with E-state index in [0.29, 0.717) is 11.8 Å². The molecule has 6 heteroatoms. The summed E-state index contributed by atoms with van der Waals surface area (Å²) in [6.45, 7) is 4.05. The van der Waals surface area contributed by atoms with Crippen LogP contribution in [0.3, 0.4) is 0 Å². The van der Waals surface area contributed by atoms with Crippen LogP contribution < -0.4 is 15.4 Å². The summed E-state index contributed by atoms with van der Waals surface area (Å²) in [4.78, 5) is 4.37. The van der Waals surface area contributed by atoms with Crippen LogP contribution in [-0.2, 0) is 0 Å². The Morgan fingerprint density at radius 1 is 0.917 bits per heavy atom. The van der Waals surface area contributed by atoms with Gasteiger partial charge in [-0.3, -0.25) is 0 Å². The minimum absolute atomic E-state index is 0.247. The van der Waals surface area contributed by atoms with Gasteiger partial charge in [0.1, 0.15) is 11.5 Å². The summed E-state index contributed by atoms with van der Waals surface area (Å²) in [7, 11) is 0. The van der Waals surface area contributed by atoms with Gasteiger partial charge in [0.05, 0.1) is 6.20 Å². The monoisotopic (exact) mass is 321 g/mol. The maximum absolute atomic E-state index is 5.77. The molecule has 24 heavy (non-hydrogen) atoms. The molecule has 1 aromatic heterocycles. The summed E-state index contributed by atoms with van der Waals surface area (Å²) in [5.41, 5.74) is 0.895. The topological polar surface area (TPSA) is 72.0 Å². The second-order valence-corrected chi connectivity index (χ2v) is 5.53. The number of aromatic nitrogens is 3. The van der Waals surface area contributed by atoms with E-state index in [1.165, 1.54) is 0 Å². The molecule has 0 unspecified atom stereocenters. The van der Waals surface area contributed by atoms with Gasteiger partial charge < -0.3 is 15.4 Å². The molecule has 0 radical (unpaired) electrons. The van der Waals surface area contributed by atoms with Crippen LogP contribution in [0.5, 0.6) is 11.5 Å². The van der Waals surface area contributed by atoms with Crippen LogP contribution in [-0.4, -0.2) is 21.2 Å². The molecule has 2 aromatic carbocycles. The second kappa shape index (κ2) is 7.41. The summed E-state index contributed by atoms with van der Waals surface area (Å²) in [5, 5.41) is 14.2. The first kappa shape index (κ1) is 15.7. The van der Waals surface area contributed by atoms with Gasteiger partial charge in [-0.25, -0.2) is 0 Å². The van der Waals surface area contributed by atoms with Crippen molar-refractivity contribution in [3.63, 3.8) is 0 Å². The van der Waals surface area contributed by atoms with Crippen LogP contribution in [0.1, 0.15) is 13.8 Å². The first-order valence-electron chi connectivity index (χ1n) is 7.75. The number of anilines is 3. The van der Waals surface area contributed by atoms with E-state index in [-0.39, 0.29) is 6.04 Å². The Bertz CT molecular complexity index is 775. The van der Waals surface area contributed by atoms with E-state index in [0.717, 1.165) is 17.2 Å². The second-order valence-electron chi connectivity index (χ2n) is 5.53. The zero-order valence-electron chi connectivity index (χ0n) is 13.6. The highest BCUT2D eigenvalue weighted by molar-refractivity contribution is 5.57. The van der Waals surface area contributed by atoms with E-state index in [1.54, 1.807) is 6.20 Å². The minimum atomic E-state index is 0.247. The fourth-order valence-corrected chi connectivity index (χ4v) is 2.06. The zero-order chi connectivity index (χ0) is 16.8. The standard InChI is InChI=1S/C18H19N5O/c1-13(2)20-18-22-17(12-19-23-18)21-14-8-10-16(11-9-14)24-15-6-4-3-5-7-15/h3-13H,1-2H3,(H2,20,21,22,23). The van der Waals surface area contributed by atoms with E-state index in [4.69, 9.17) is 4.74 Å². The number of nitrogens with one attached hydrogen (secondary N) is 2. The van der Waals surface area contributed by atoms with Crippen molar-refractivity contribution in [3.8, 4) is 11.5 Å².